The van der Waals surface area contributed by atoms with Gasteiger partial charge in [-0.05, 0) is 19.8 Å². The summed E-state index contributed by atoms with van der Waals surface area (Å²) in [5.74, 6) is -0.182. The zero-order valence-electron chi connectivity index (χ0n) is 7.60. The van der Waals surface area contributed by atoms with Crippen LogP contribution in [0.3, 0.4) is 0 Å². The molecule has 0 aliphatic rings. The molecule has 0 saturated heterocycles. The average molecular weight is 235 g/mol. The van der Waals surface area contributed by atoms with Gasteiger partial charge in [0.15, 0.2) is 0 Å². The number of rotatable bonds is 5. The number of esters is 1. The van der Waals surface area contributed by atoms with E-state index in [0.717, 1.165) is 23.7 Å². The van der Waals surface area contributed by atoms with Gasteiger partial charge in [0.25, 0.3) is 0 Å². The molecular weight excluding hydrogens is 220 g/mol. The molecule has 3 heteroatoms. The second kappa shape index (κ2) is 7.35. The molecule has 0 rings (SSSR count). The van der Waals surface area contributed by atoms with Gasteiger partial charge in [-0.25, -0.2) is 4.79 Å². The highest BCUT2D eigenvalue weighted by atomic mass is 79.9. The normalized spacial score (nSPS) is 11.4. The molecule has 0 aromatic carbocycles. The van der Waals surface area contributed by atoms with Crippen LogP contribution < -0.4 is 0 Å². The summed E-state index contributed by atoms with van der Waals surface area (Å²) >= 11 is 3.29. The molecule has 0 bridgehead atoms. The summed E-state index contributed by atoms with van der Waals surface area (Å²) in [7, 11) is 0. The Morgan fingerprint density at radius 3 is 2.58 bits per heavy atom. The number of ether oxygens (including phenoxy) is 1. The third-order valence-corrected chi connectivity index (χ3v) is 1.75. The van der Waals surface area contributed by atoms with Gasteiger partial charge in [-0.15, -0.1) is 0 Å². The molecule has 0 unspecified atom stereocenters. The van der Waals surface area contributed by atoms with Gasteiger partial charge in [-0.2, -0.15) is 0 Å². The molecule has 70 valence electrons. The summed E-state index contributed by atoms with van der Waals surface area (Å²) in [5.41, 5.74) is 0.774. The molecule has 0 fully saturated rings. The van der Waals surface area contributed by atoms with Crippen molar-refractivity contribution in [3.8, 4) is 0 Å². The average Bonchev–Trinajstić information content (AvgIpc) is 2.04. The third kappa shape index (κ3) is 4.54. The third-order valence-electron chi connectivity index (χ3n) is 1.35. The minimum atomic E-state index is -0.182. The molecule has 0 atom stereocenters. The summed E-state index contributed by atoms with van der Waals surface area (Å²) in [5, 5.41) is 0.803. The first kappa shape index (κ1) is 11.7. The second-order valence-corrected chi connectivity index (χ2v) is 3.09. The van der Waals surface area contributed by atoms with Crippen LogP contribution in [0, 0.1) is 0 Å². The maximum absolute atomic E-state index is 11.2. The van der Waals surface area contributed by atoms with Gasteiger partial charge in [0.2, 0.25) is 0 Å². The fraction of sp³-hybridized carbons (Fsp3) is 0.667. The first-order valence-corrected chi connectivity index (χ1v) is 5.30. The molecular formula is C9H15BrO2. The van der Waals surface area contributed by atoms with E-state index in [1.165, 1.54) is 0 Å². The van der Waals surface area contributed by atoms with Gasteiger partial charge in [0.05, 0.1) is 6.61 Å². The van der Waals surface area contributed by atoms with Crippen LogP contribution in [0.5, 0.6) is 0 Å². The highest BCUT2D eigenvalue weighted by molar-refractivity contribution is 9.09. The molecule has 2 nitrogen and oxygen atoms in total. The molecule has 0 saturated carbocycles. The highest BCUT2D eigenvalue weighted by Crippen LogP contribution is 2.07. The van der Waals surface area contributed by atoms with Gasteiger partial charge in [-0.3, -0.25) is 0 Å². The van der Waals surface area contributed by atoms with E-state index < -0.39 is 0 Å². The number of alkyl halides is 1. The minimum Gasteiger partial charge on any atom is -0.463 e. The number of carbonyl (C=O) groups is 1. The van der Waals surface area contributed by atoms with E-state index in [1.54, 1.807) is 0 Å². The summed E-state index contributed by atoms with van der Waals surface area (Å²) in [6.07, 6.45) is 3.53. The summed E-state index contributed by atoms with van der Waals surface area (Å²) in [6, 6.07) is 0. The predicted molar refractivity (Wildman–Crippen MR) is 53.4 cm³/mol. The van der Waals surface area contributed by atoms with Crippen molar-refractivity contribution in [1.29, 1.82) is 0 Å². The maximum atomic E-state index is 11.2. The van der Waals surface area contributed by atoms with Crippen molar-refractivity contribution < 1.29 is 9.53 Å². The molecule has 0 aliphatic heterocycles. The van der Waals surface area contributed by atoms with Crippen molar-refractivity contribution in [3.05, 3.63) is 11.6 Å². The topological polar surface area (TPSA) is 26.3 Å². The molecule has 0 heterocycles. The lowest BCUT2D eigenvalue weighted by molar-refractivity contribution is -0.138. The van der Waals surface area contributed by atoms with Crippen molar-refractivity contribution in [2.24, 2.45) is 0 Å². The molecule has 0 amide bonds. The van der Waals surface area contributed by atoms with Crippen LogP contribution in [-0.4, -0.2) is 17.9 Å². The van der Waals surface area contributed by atoms with E-state index in [4.69, 9.17) is 4.74 Å². The van der Waals surface area contributed by atoms with Gasteiger partial charge in [0, 0.05) is 10.9 Å². The molecule has 0 aliphatic carbocycles. The second-order valence-electron chi connectivity index (χ2n) is 2.30. The quantitative estimate of drug-likeness (QED) is 0.416. The molecule has 12 heavy (non-hydrogen) atoms. The van der Waals surface area contributed by atoms with E-state index in [9.17, 15) is 4.79 Å². The number of hydrogen-bond donors (Lipinski definition) is 0. The van der Waals surface area contributed by atoms with E-state index in [0.29, 0.717) is 6.61 Å². The fourth-order valence-electron chi connectivity index (χ4n) is 0.859. The van der Waals surface area contributed by atoms with E-state index in [2.05, 4.69) is 15.9 Å². The standard InChI is InChI=1S/C9H15BrO2/c1-3-5-8(6-7-10)9(11)12-4-2/h5H,3-4,6-7H2,1-2H3. The van der Waals surface area contributed by atoms with Crippen LogP contribution in [0.2, 0.25) is 0 Å². The van der Waals surface area contributed by atoms with E-state index in [-0.39, 0.29) is 5.97 Å². The number of allylic oxidation sites excluding steroid dienone is 1. The van der Waals surface area contributed by atoms with Crippen LogP contribution >= 0.6 is 15.9 Å². The van der Waals surface area contributed by atoms with Gasteiger partial charge < -0.3 is 4.74 Å². The summed E-state index contributed by atoms with van der Waals surface area (Å²) in [6.45, 7) is 4.27. The van der Waals surface area contributed by atoms with Crippen LogP contribution in [0.4, 0.5) is 0 Å². The molecule has 0 aromatic heterocycles. The van der Waals surface area contributed by atoms with Crippen LogP contribution in [-0.2, 0) is 9.53 Å². The lowest BCUT2D eigenvalue weighted by atomic mass is 10.2. The number of halogens is 1. The van der Waals surface area contributed by atoms with Crippen molar-refractivity contribution in [2.75, 3.05) is 11.9 Å². The van der Waals surface area contributed by atoms with Crippen molar-refractivity contribution in [3.63, 3.8) is 0 Å². The number of hydrogen-bond acceptors (Lipinski definition) is 2. The minimum absolute atomic E-state index is 0.182. The Labute approximate surface area is 82.1 Å². The summed E-state index contributed by atoms with van der Waals surface area (Å²) in [4.78, 5) is 11.2. The first-order valence-electron chi connectivity index (χ1n) is 4.18. The lowest BCUT2D eigenvalue weighted by Gasteiger charge is -2.04. The zero-order chi connectivity index (χ0) is 9.40. The Kier molecular flexibility index (Phi) is 7.16. The maximum Gasteiger partial charge on any atom is 0.333 e. The molecule has 0 aromatic rings. The van der Waals surface area contributed by atoms with E-state index >= 15 is 0 Å². The van der Waals surface area contributed by atoms with Crippen molar-refractivity contribution in [2.45, 2.75) is 26.7 Å². The molecule has 0 radical (unpaired) electrons. The lowest BCUT2D eigenvalue weighted by Crippen LogP contribution is -2.08. The Morgan fingerprint density at radius 2 is 2.17 bits per heavy atom. The first-order chi connectivity index (χ1) is 5.76. The van der Waals surface area contributed by atoms with Crippen LogP contribution in [0.1, 0.15) is 26.7 Å². The van der Waals surface area contributed by atoms with Gasteiger partial charge in [0.1, 0.15) is 0 Å². The Balaban J connectivity index is 4.09. The van der Waals surface area contributed by atoms with E-state index in [1.807, 2.05) is 19.9 Å². The Hall–Kier alpha value is -0.310. The van der Waals surface area contributed by atoms with Gasteiger partial charge >= 0.3 is 5.97 Å². The largest absolute Gasteiger partial charge is 0.463 e. The molecule has 0 spiro atoms. The SMILES string of the molecule is CCC=C(CCBr)C(=O)OCC. The van der Waals surface area contributed by atoms with Crippen molar-refractivity contribution in [1.82, 2.24) is 0 Å². The summed E-state index contributed by atoms with van der Waals surface area (Å²) < 4.78 is 4.88. The smallest absolute Gasteiger partial charge is 0.333 e. The van der Waals surface area contributed by atoms with Crippen LogP contribution in [0.25, 0.3) is 0 Å². The van der Waals surface area contributed by atoms with Crippen LogP contribution in [0.15, 0.2) is 11.6 Å². The molecule has 0 N–H and O–H groups in total. The number of carbonyl (C=O) groups excluding carboxylic acids is 1. The monoisotopic (exact) mass is 234 g/mol. The van der Waals surface area contributed by atoms with Crippen molar-refractivity contribution >= 4 is 21.9 Å². The Morgan fingerprint density at radius 1 is 1.50 bits per heavy atom. The Bertz CT molecular complexity index is 164. The fourth-order valence-corrected chi connectivity index (χ4v) is 1.29. The zero-order valence-corrected chi connectivity index (χ0v) is 9.19. The highest BCUT2D eigenvalue weighted by Gasteiger charge is 2.07. The predicted octanol–water partition coefficient (Wildman–Crippen LogP) is 2.67. The van der Waals surface area contributed by atoms with Gasteiger partial charge in [-0.1, -0.05) is 28.9 Å².